The predicted octanol–water partition coefficient (Wildman–Crippen LogP) is 5.55. The van der Waals surface area contributed by atoms with Crippen molar-refractivity contribution in [2.45, 2.75) is 30.7 Å². The number of halogens is 1. The van der Waals surface area contributed by atoms with Crippen molar-refractivity contribution in [1.29, 1.82) is 0 Å². The Morgan fingerprint density at radius 2 is 1.84 bits per heavy atom. The molecule has 6 rings (SSSR count). The molecule has 0 saturated carbocycles. The summed E-state index contributed by atoms with van der Waals surface area (Å²) in [5.41, 5.74) is 5.16. The molecule has 1 fully saturated rings. The molecule has 38 heavy (non-hydrogen) atoms. The molecule has 5 aromatic rings. The minimum Gasteiger partial charge on any atom is -0.340 e. The minimum atomic E-state index is -4.87. The Kier molecular flexibility index (Phi) is 5.49. The predicted molar refractivity (Wildman–Crippen MR) is 150 cm³/mol. The van der Waals surface area contributed by atoms with Crippen molar-refractivity contribution in [2.24, 2.45) is 0 Å². The van der Waals surface area contributed by atoms with Crippen molar-refractivity contribution in [1.82, 2.24) is 14.5 Å². The Bertz CT molecular complexity index is 1990. The van der Waals surface area contributed by atoms with Gasteiger partial charge in [0.1, 0.15) is 5.65 Å². The zero-order valence-corrected chi connectivity index (χ0v) is 22.1. The van der Waals surface area contributed by atoms with Gasteiger partial charge >= 0.3 is 10.2 Å². The summed E-state index contributed by atoms with van der Waals surface area (Å²) in [6.07, 6.45) is 5.63. The lowest BCUT2D eigenvalue weighted by Gasteiger charge is -2.39. The van der Waals surface area contributed by atoms with Crippen molar-refractivity contribution in [3.8, 4) is 23.5 Å². The number of nitrogens with one attached hydrogen (secondary N) is 1. The van der Waals surface area contributed by atoms with Gasteiger partial charge in [-0.3, -0.25) is 4.79 Å². The number of nitrogens with zero attached hydrogens (tertiary/aromatic N) is 2. The molecule has 0 radical (unpaired) electrons. The third kappa shape index (κ3) is 3.73. The van der Waals surface area contributed by atoms with E-state index in [2.05, 4.69) is 20.4 Å². The van der Waals surface area contributed by atoms with E-state index < -0.39 is 15.1 Å². The van der Waals surface area contributed by atoms with E-state index in [1.807, 2.05) is 51.2 Å². The molecule has 0 amide bonds. The van der Waals surface area contributed by atoms with Gasteiger partial charge in [0.15, 0.2) is 5.43 Å². The molecule has 8 heteroatoms. The number of aromatic amines is 1. The number of pyridine rings is 1. The van der Waals surface area contributed by atoms with Crippen LogP contribution in [0.3, 0.4) is 0 Å². The first kappa shape index (κ1) is 24.4. The average molecular weight is 528 g/mol. The normalized spacial score (nSPS) is 14.9. The molecule has 0 unspecified atom stereocenters. The van der Waals surface area contributed by atoms with Gasteiger partial charge in [-0.1, -0.05) is 38.0 Å². The number of likely N-dealkylation sites (N-methyl/N-ethyl adjacent to an activating group) is 1. The number of likely N-dealkylation sites (tertiary alicyclic amines) is 1. The first-order chi connectivity index (χ1) is 18.1. The summed E-state index contributed by atoms with van der Waals surface area (Å²) in [6.45, 7) is 5.67. The van der Waals surface area contributed by atoms with Gasteiger partial charge < -0.3 is 14.5 Å². The SMILES string of the molecule is C#Cc1ccc2c(c1)[nH]c1c2c(=O)c2cc(C(C)C)c(-c3cccc(S(=O)(=O)F)c3)cc2n1C1CN(C)C1. The van der Waals surface area contributed by atoms with Crippen molar-refractivity contribution in [3.05, 3.63) is 75.9 Å². The molecule has 0 atom stereocenters. The maximum absolute atomic E-state index is 14.1. The second-order valence-electron chi connectivity index (χ2n) is 10.4. The van der Waals surface area contributed by atoms with E-state index in [4.69, 9.17) is 6.42 Å². The lowest BCUT2D eigenvalue weighted by Crippen LogP contribution is -2.45. The largest absolute Gasteiger partial charge is 0.340 e. The van der Waals surface area contributed by atoms with Crippen LogP contribution in [0.25, 0.3) is 44.0 Å². The summed E-state index contributed by atoms with van der Waals surface area (Å²) in [7, 11) is -2.82. The number of rotatable bonds is 4. The molecule has 0 aliphatic carbocycles. The average Bonchev–Trinajstić information content (AvgIpc) is 3.25. The standard InChI is InChI=1S/C30H26FN3O3S/c1-5-18-9-10-22-26(11-18)32-30-28(22)29(35)25-13-23(17(2)3)24(14-27(25)34(30)20-15-33(4)16-20)19-7-6-8-21(12-19)38(31,36)37/h1,6-14,17,20,32H,15-16H2,2-4H3. The highest BCUT2D eigenvalue weighted by Gasteiger charge is 2.30. The fraction of sp³-hybridized carbons (Fsp3) is 0.233. The lowest BCUT2D eigenvalue weighted by molar-refractivity contribution is 0.146. The van der Waals surface area contributed by atoms with Crippen LogP contribution < -0.4 is 5.43 Å². The van der Waals surface area contributed by atoms with Crippen LogP contribution in [0.1, 0.15) is 36.9 Å². The molecule has 0 spiro atoms. The molecule has 1 aliphatic heterocycles. The molecular weight excluding hydrogens is 501 g/mol. The summed E-state index contributed by atoms with van der Waals surface area (Å²) >= 11 is 0. The highest BCUT2D eigenvalue weighted by atomic mass is 32.3. The number of aromatic nitrogens is 2. The van der Waals surface area contributed by atoms with E-state index in [1.165, 1.54) is 18.2 Å². The van der Waals surface area contributed by atoms with Gasteiger partial charge in [0.25, 0.3) is 0 Å². The topological polar surface area (TPSA) is 75.2 Å². The van der Waals surface area contributed by atoms with E-state index >= 15 is 0 Å². The molecule has 1 N–H and O–H groups in total. The summed E-state index contributed by atoms with van der Waals surface area (Å²) < 4.78 is 39.4. The number of H-pyrrole nitrogens is 1. The first-order valence-corrected chi connectivity index (χ1v) is 13.8. The second kappa shape index (κ2) is 8.55. The van der Waals surface area contributed by atoms with Crippen molar-refractivity contribution in [3.63, 3.8) is 0 Å². The quantitative estimate of drug-likeness (QED) is 0.246. The zero-order chi connectivity index (χ0) is 26.9. The Balaban J connectivity index is 1.75. The van der Waals surface area contributed by atoms with Crippen LogP contribution in [-0.2, 0) is 10.2 Å². The summed E-state index contributed by atoms with van der Waals surface area (Å²) in [6, 6.07) is 15.5. The summed E-state index contributed by atoms with van der Waals surface area (Å²) in [5, 5.41) is 2.04. The van der Waals surface area contributed by atoms with Gasteiger partial charge in [0.05, 0.1) is 21.8 Å². The van der Waals surface area contributed by atoms with Crippen LogP contribution in [0, 0.1) is 12.3 Å². The monoisotopic (exact) mass is 527 g/mol. The zero-order valence-electron chi connectivity index (χ0n) is 21.2. The third-order valence-corrected chi connectivity index (χ3v) is 8.36. The molecule has 1 aliphatic rings. The van der Waals surface area contributed by atoms with Crippen molar-refractivity contribution >= 4 is 43.1 Å². The van der Waals surface area contributed by atoms with Crippen molar-refractivity contribution < 1.29 is 12.3 Å². The maximum atomic E-state index is 14.1. The van der Waals surface area contributed by atoms with Gasteiger partial charge in [-0.15, -0.1) is 10.3 Å². The van der Waals surface area contributed by atoms with E-state index in [-0.39, 0.29) is 17.4 Å². The number of hydrogen-bond donors (Lipinski definition) is 1. The maximum Gasteiger partial charge on any atom is 0.332 e. The Morgan fingerprint density at radius 1 is 1.08 bits per heavy atom. The molecule has 1 saturated heterocycles. The van der Waals surface area contributed by atoms with Gasteiger partial charge in [0, 0.05) is 34.9 Å². The lowest BCUT2D eigenvalue weighted by atomic mass is 9.90. The fourth-order valence-electron chi connectivity index (χ4n) is 5.68. The van der Waals surface area contributed by atoms with E-state index in [1.54, 1.807) is 6.07 Å². The van der Waals surface area contributed by atoms with Crippen molar-refractivity contribution in [2.75, 3.05) is 20.1 Å². The highest BCUT2D eigenvalue weighted by molar-refractivity contribution is 7.86. The second-order valence-corrected chi connectivity index (χ2v) is 11.8. The molecule has 3 heterocycles. The Hall–Kier alpha value is -3.93. The number of fused-ring (bicyclic) bond motifs is 4. The molecule has 6 nitrogen and oxygen atoms in total. The highest BCUT2D eigenvalue weighted by Crippen LogP contribution is 2.38. The Labute approximate surface area is 219 Å². The molecule has 2 aromatic heterocycles. The fourth-order valence-corrected chi connectivity index (χ4v) is 6.19. The van der Waals surface area contributed by atoms with Gasteiger partial charge in [-0.25, -0.2) is 0 Å². The third-order valence-electron chi connectivity index (χ3n) is 7.54. The van der Waals surface area contributed by atoms with E-state index in [0.717, 1.165) is 51.8 Å². The van der Waals surface area contributed by atoms with Crippen LogP contribution in [0.4, 0.5) is 3.89 Å². The number of terminal acetylenes is 1. The minimum absolute atomic E-state index is 0.0274. The smallest absolute Gasteiger partial charge is 0.332 e. The van der Waals surface area contributed by atoms with Crippen LogP contribution in [0.15, 0.2) is 64.3 Å². The Morgan fingerprint density at radius 3 is 2.50 bits per heavy atom. The number of hydrogen-bond acceptors (Lipinski definition) is 4. The van der Waals surface area contributed by atoms with Gasteiger partial charge in [-0.2, -0.15) is 8.42 Å². The molecule has 3 aromatic carbocycles. The van der Waals surface area contributed by atoms with Crippen LogP contribution in [-0.4, -0.2) is 43.0 Å². The molecular formula is C30H26FN3O3S. The van der Waals surface area contributed by atoms with Gasteiger partial charge in [0.2, 0.25) is 0 Å². The number of benzene rings is 3. The van der Waals surface area contributed by atoms with Crippen LogP contribution in [0.5, 0.6) is 0 Å². The van der Waals surface area contributed by atoms with E-state index in [0.29, 0.717) is 16.3 Å². The van der Waals surface area contributed by atoms with Gasteiger partial charge in [-0.05, 0) is 66.1 Å². The van der Waals surface area contributed by atoms with E-state index in [9.17, 15) is 17.1 Å². The molecule has 0 bridgehead atoms. The van der Waals surface area contributed by atoms with Crippen LogP contribution in [0.2, 0.25) is 0 Å². The summed E-state index contributed by atoms with van der Waals surface area (Å²) in [4.78, 5) is 19.3. The summed E-state index contributed by atoms with van der Waals surface area (Å²) in [5.74, 6) is 2.68. The first-order valence-electron chi connectivity index (χ1n) is 12.4. The van der Waals surface area contributed by atoms with Crippen LogP contribution >= 0.6 is 0 Å². The molecule has 192 valence electrons.